The zero-order chi connectivity index (χ0) is 14.9. The normalized spacial score (nSPS) is 12.9. The molecule has 0 aliphatic rings. The lowest BCUT2D eigenvalue weighted by Gasteiger charge is -2.21. The fourth-order valence-electron chi connectivity index (χ4n) is 2.21. The molecule has 0 aliphatic carbocycles. The van der Waals surface area contributed by atoms with Crippen molar-refractivity contribution in [3.63, 3.8) is 0 Å². The van der Waals surface area contributed by atoms with Crippen LogP contribution < -0.4 is 5.32 Å². The van der Waals surface area contributed by atoms with Crippen LogP contribution in [-0.4, -0.2) is 16.8 Å². The van der Waals surface area contributed by atoms with Crippen LogP contribution in [-0.2, 0) is 0 Å². The Bertz CT molecular complexity index is 610. The predicted octanol–water partition coefficient (Wildman–Crippen LogP) is 3.81. The standard InChI is InChI=1S/C14H16BrF2N3/c1-8(2)20-14(11(15)7-19-20)13(18-3)10-5-4-9(16)6-12(10)17/h4-8,13,18H,1-3H3. The number of aromatic nitrogens is 2. The van der Waals surface area contributed by atoms with Crippen molar-refractivity contribution < 1.29 is 8.78 Å². The van der Waals surface area contributed by atoms with E-state index in [2.05, 4.69) is 26.3 Å². The molecular weight excluding hydrogens is 328 g/mol. The molecule has 0 saturated carbocycles. The summed E-state index contributed by atoms with van der Waals surface area (Å²) in [6, 6.07) is 3.33. The first-order valence-electron chi connectivity index (χ1n) is 6.30. The highest BCUT2D eigenvalue weighted by Gasteiger charge is 2.24. The van der Waals surface area contributed by atoms with Crippen molar-refractivity contribution in [1.82, 2.24) is 15.1 Å². The van der Waals surface area contributed by atoms with E-state index in [-0.39, 0.29) is 6.04 Å². The van der Waals surface area contributed by atoms with E-state index in [4.69, 9.17) is 0 Å². The predicted molar refractivity (Wildman–Crippen MR) is 77.6 cm³/mol. The van der Waals surface area contributed by atoms with E-state index in [1.807, 2.05) is 18.5 Å². The number of benzene rings is 1. The fourth-order valence-corrected chi connectivity index (χ4v) is 2.71. The van der Waals surface area contributed by atoms with Crippen LogP contribution in [0.3, 0.4) is 0 Å². The molecule has 0 saturated heterocycles. The summed E-state index contributed by atoms with van der Waals surface area (Å²) >= 11 is 3.44. The van der Waals surface area contributed by atoms with Crippen LogP contribution in [0.4, 0.5) is 8.78 Å². The lowest BCUT2D eigenvalue weighted by molar-refractivity contribution is 0.473. The molecule has 0 fully saturated rings. The SMILES string of the molecule is CNC(c1ccc(F)cc1F)c1c(Br)cnn1C(C)C. The molecule has 1 atom stereocenters. The smallest absolute Gasteiger partial charge is 0.131 e. The van der Waals surface area contributed by atoms with Crippen molar-refractivity contribution in [3.8, 4) is 0 Å². The van der Waals surface area contributed by atoms with E-state index in [1.54, 1.807) is 13.2 Å². The molecular formula is C14H16BrF2N3. The maximum absolute atomic E-state index is 14.0. The van der Waals surface area contributed by atoms with Gasteiger partial charge in [0, 0.05) is 17.7 Å². The van der Waals surface area contributed by atoms with Gasteiger partial charge in [-0.1, -0.05) is 6.07 Å². The molecule has 0 amide bonds. The first-order valence-corrected chi connectivity index (χ1v) is 7.10. The van der Waals surface area contributed by atoms with Gasteiger partial charge in [0.15, 0.2) is 0 Å². The Morgan fingerprint density at radius 1 is 1.30 bits per heavy atom. The van der Waals surface area contributed by atoms with Crippen molar-refractivity contribution in [2.24, 2.45) is 0 Å². The van der Waals surface area contributed by atoms with Crippen LogP contribution in [0.5, 0.6) is 0 Å². The highest BCUT2D eigenvalue weighted by molar-refractivity contribution is 9.10. The van der Waals surface area contributed by atoms with Gasteiger partial charge in [0.1, 0.15) is 11.6 Å². The van der Waals surface area contributed by atoms with E-state index >= 15 is 0 Å². The Morgan fingerprint density at radius 3 is 2.55 bits per heavy atom. The number of nitrogens with one attached hydrogen (secondary N) is 1. The summed E-state index contributed by atoms with van der Waals surface area (Å²) in [5.41, 5.74) is 1.20. The van der Waals surface area contributed by atoms with Crippen molar-refractivity contribution in [3.05, 3.63) is 51.8 Å². The second kappa shape index (κ2) is 6.01. The van der Waals surface area contributed by atoms with Crippen molar-refractivity contribution in [2.75, 3.05) is 7.05 Å². The van der Waals surface area contributed by atoms with Gasteiger partial charge in [-0.15, -0.1) is 0 Å². The summed E-state index contributed by atoms with van der Waals surface area (Å²) in [5.74, 6) is -1.16. The Hall–Kier alpha value is -1.27. The molecule has 20 heavy (non-hydrogen) atoms. The zero-order valence-electron chi connectivity index (χ0n) is 11.5. The zero-order valence-corrected chi connectivity index (χ0v) is 13.1. The van der Waals surface area contributed by atoms with E-state index in [9.17, 15) is 8.78 Å². The summed E-state index contributed by atoms with van der Waals surface area (Å²) in [5, 5.41) is 7.35. The first-order chi connectivity index (χ1) is 9.45. The van der Waals surface area contributed by atoms with Crippen molar-refractivity contribution in [2.45, 2.75) is 25.9 Å². The molecule has 0 bridgehead atoms. The number of rotatable bonds is 4. The number of halogens is 3. The number of nitrogens with zero attached hydrogens (tertiary/aromatic N) is 2. The average Bonchev–Trinajstić information content (AvgIpc) is 2.75. The van der Waals surface area contributed by atoms with Gasteiger partial charge in [-0.2, -0.15) is 5.10 Å². The number of hydrogen-bond acceptors (Lipinski definition) is 2. The van der Waals surface area contributed by atoms with Crippen LogP contribution >= 0.6 is 15.9 Å². The summed E-state index contributed by atoms with van der Waals surface area (Å²) in [6.07, 6.45) is 1.68. The minimum absolute atomic E-state index is 0.135. The molecule has 0 aliphatic heterocycles. The Kier molecular flexibility index (Phi) is 4.55. The average molecular weight is 344 g/mol. The van der Waals surface area contributed by atoms with Gasteiger partial charge < -0.3 is 5.32 Å². The van der Waals surface area contributed by atoms with Crippen LogP contribution in [0.15, 0.2) is 28.9 Å². The molecule has 1 N–H and O–H groups in total. The Labute approximate surface area is 125 Å². The largest absolute Gasteiger partial charge is 0.308 e. The molecule has 2 rings (SSSR count). The van der Waals surface area contributed by atoms with Gasteiger partial charge in [0.2, 0.25) is 0 Å². The molecule has 1 aromatic carbocycles. The summed E-state index contributed by atoms with van der Waals surface area (Å²) < 4.78 is 29.7. The maximum atomic E-state index is 14.0. The summed E-state index contributed by atoms with van der Waals surface area (Å²) in [4.78, 5) is 0. The molecule has 6 heteroatoms. The highest BCUT2D eigenvalue weighted by Crippen LogP contribution is 2.31. The minimum atomic E-state index is -0.586. The van der Waals surface area contributed by atoms with Gasteiger partial charge in [-0.25, -0.2) is 8.78 Å². The molecule has 108 valence electrons. The minimum Gasteiger partial charge on any atom is -0.308 e. The van der Waals surface area contributed by atoms with Crippen LogP contribution in [0, 0.1) is 11.6 Å². The van der Waals surface area contributed by atoms with Gasteiger partial charge >= 0.3 is 0 Å². The molecule has 0 radical (unpaired) electrons. The Balaban J connectivity index is 2.55. The lowest BCUT2D eigenvalue weighted by atomic mass is 10.0. The first kappa shape index (κ1) is 15.1. The van der Waals surface area contributed by atoms with E-state index < -0.39 is 17.7 Å². The van der Waals surface area contributed by atoms with Gasteiger partial charge in [0.25, 0.3) is 0 Å². The van der Waals surface area contributed by atoms with E-state index in [0.717, 1.165) is 16.2 Å². The molecule has 0 spiro atoms. The molecule has 2 aromatic rings. The van der Waals surface area contributed by atoms with Crippen molar-refractivity contribution in [1.29, 1.82) is 0 Å². The summed E-state index contributed by atoms with van der Waals surface area (Å²) in [6.45, 7) is 3.99. The number of hydrogen-bond donors (Lipinski definition) is 1. The van der Waals surface area contributed by atoms with E-state index in [0.29, 0.717) is 5.56 Å². The molecule has 1 unspecified atom stereocenters. The van der Waals surface area contributed by atoms with E-state index in [1.165, 1.54) is 12.1 Å². The third-order valence-electron chi connectivity index (χ3n) is 3.11. The molecule has 3 nitrogen and oxygen atoms in total. The van der Waals surface area contributed by atoms with Crippen LogP contribution in [0.25, 0.3) is 0 Å². The van der Waals surface area contributed by atoms with Gasteiger partial charge in [-0.05, 0) is 42.9 Å². The van der Waals surface area contributed by atoms with Crippen LogP contribution in [0.2, 0.25) is 0 Å². The third-order valence-corrected chi connectivity index (χ3v) is 3.72. The van der Waals surface area contributed by atoms with Gasteiger partial charge in [-0.3, -0.25) is 4.68 Å². The van der Waals surface area contributed by atoms with Crippen molar-refractivity contribution >= 4 is 15.9 Å². The second-order valence-electron chi connectivity index (χ2n) is 4.80. The maximum Gasteiger partial charge on any atom is 0.131 e. The quantitative estimate of drug-likeness (QED) is 0.914. The lowest BCUT2D eigenvalue weighted by Crippen LogP contribution is -2.24. The summed E-state index contributed by atoms with van der Waals surface area (Å²) in [7, 11) is 1.73. The van der Waals surface area contributed by atoms with Crippen LogP contribution in [0.1, 0.15) is 37.2 Å². The molecule has 1 aromatic heterocycles. The highest BCUT2D eigenvalue weighted by atomic mass is 79.9. The molecule has 1 heterocycles. The second-order valence-corrected chi connectivity index (χ2v) is 5.66. The third kappa shape index (κ3) is 2.76. The monoisotopic (exact) mass is 343 g/mol. The Morgan fingerprint density at radius 2 is 2.00 bits per heavy atom. The van der Waals surface area contributed by atoms with Gasteiger partial charge in [0.05, 0.1) is 22.4 Å². The fraction of sp³-hybridized carbons (Fsp3) is 0.357. The topological polar surface area (TPSA) is 29.9 Å².